The molecule has 0 N–H and O–H groups in total. The molecule has 0 radical (unpaired) electrons. The second-order valence-electron chi connectivity index (χ2n) is 4.80. The summed E-state index contributed by atoms with van der Waals surface area (Å²) >= 11 is 0. The SMILES string of the molecule is C=CCCCC(C)=CC=C(C)CC(C)C. The van der Waals surface area contributed by atoms with E-state index in [1.807, 2.05) is 6.08 Å². The van der Waals surface area contributed by atoms with Gasteiger partial charge in [0, 0.05) is 0 Å². The van der Waals surface area contributed by atoms with E-state index in [2.05, 4.69) is 46.4 Å². The van der Waals surface area contributed by atoms with Crippen molar-refractivity contribution in [2.24, 2.45) is 5.92 Å². The maximum Gasteiger partial charge on any atom is -0.0297 e. The fourth-order valence-electron chi connectivity index (χ4n) is 1.61. The Morgan fingerprint density at radius 3 is 2.27 bits per heavy atom. The summed E-state index contributed by atoms with van der Waals surface area (Å²) in [6.07, 6.45) is 11.3. The number of rotatable bonds is 7. The number of unbranched alkanes of at least 4 members (excludes halogenated alkanes) is 1. The van der Waals surface area contributed by atoms with E-state index >= 15 is 0 Å². The van der Waals surface area contributed by atoms with Crippen molar-refractivity contribution in [3.05, 3.63) is 36.0 Å². The Hall–Kier alpha value is -0.780. The highest BCUT2D eigenvalue weighted by Crippen LogP contribution is 2.12. The topological polar surface area (TPSA) is 0 Å². The number of hydrogen-bond donors (Lipinski definition) is 0. The largest absolute Gasteiger partial charge is 0.103 e. The summed E-state index contributed by atoms with van der Waals surface area (Å²) in [5.74, 6) is 0.760. The van der Waals surface area contributed by atoms with Crippen LogP contribution in [-0.4, -0.2) is 0 Å². The van der Waals surface area contributed by atoms with Gasteiger partial charge in [-0.1, -0.05) is 43.2 Å². The molecule has 0 aromatic carbocycles. The van der Waals surface area contributed by atoms with E-state index in [1.54, 1.807) is 0 Å². The Morgan fingerprint density at radius 1 is 1.13 bits per heavy atom. The molecular weight excluding hydrogens is 180 g/mol. The zero-order valence-corrected chi connectivity index (χ0v) is 10.8. The Labute approximate surface area is 95.8 Å². The van der Waals surface area contributed by atoms with Gasteiger partial charge in [0.2, 0.25) is 0 Å². The second kappa shape index (κ2) is 8.52. The van der Waals surface area contributed by atoms with Gasteiger partial charge in [0.25, 0.3) is 0 Å². The van der Waals surface area contributed by atoms with Crippen LogP contribution in [0.15, 0.2) is 36.0 Å². The van der Waals surface area contributed by atoms with Crippen LogP contribution in [0, 0.1) is 5.92 Å². The van der Waals surface area contributed by atoms with Crippen molar-refractivity contribution in [3.63, 3.8) is 0 Å². The van der Waals surface area contributed by atoms with Crippen LogP contribution in [0.3, 0.4) is 0 Å². The van der Waals surface area contributed by atoms with E-state index in [1.165, 1.54) is 30.4 Å². The van der Waals surface area contributed by atoms with Gasteiger partial charge in [0.05, 0.1) is 0 Å². The van der Waals surface area contributed by atoms with Crippen LogP contribution in [0.5, 0.6) is 0 Å². The van der Waals surface area contributed by atoms with Crippen molar-refractivity contribution in [2.75, 3.05) is 0 Å². The third kappa shape index (κ3) is 9.52. The summed E-state index contributed by atoms with van der Waals surface area (Å²) < 4.78 is 0. The molecule has 0 saturated heterocycles. The molecule has 0 heterocycles. The highest BCUT2D eigenvalue weighted by atomic mass is 14.0. The molecule has 0 aromatic heterocycles. The van der Waals surface area contributed by atoms with Crippen molar-refractivity contribution in [3.8, 4) is 0 Å². The fourth-order valence-corrected chi connectivity index (χ4v) is 1.61. The van der Waals surface area contributed by atoms with Gasteiger partial charge in [0.1, 0.15) is 0 Å². The van der Waals surface area contributed by atoms with Crippen molar-refractivity contribution in [1.29, 1.82) is 0 Å². The Morgan fingerprint density at radius 2 is 1.73 bits per heavy atom. The van der Waals surface area contributed by atoms with Gasteiger partial charge in [0.15, 0.2) is 0 Å². The first-order chi connectivity index (χ1) is 7.06. The van der Waals surface area contributed by atoms with Crippen LogP contribution in [0.25, 0.3) is 0 Å². The fraction of sp³-hybridized carbons (Fsp3) is 0.600. The molecule has 0 aliphatic carbocycles. The average molecular weight is 206 g/mol. The molecule has 86 valence electrons. The number of allylic oxidation sites excluding steroid dienone is 5. The second-order valence-corrected chi connectivity index (χ2v) is 4.80. The van der Waals surface area contributed by atoms with E-state index in [9.17, 15) is 0 Å². The molecule has 0 saturated carbocycles. The molecule has 0 bridgehead atoms. The van der Waals surface area contributed by atoms with Crippen LogP contribution in [-0.2, 0) is 0 Å². The average Bonchev–Trinajstić information content (AvgIpc) is 2.14. The van der Waals surface area contributed by atoms with Crippen LogP contribution in [0.4, 0.5) is 0 Å². The molecule has 0 aromatic rings. The van der Waals surface area contributed by atoms with Gasteiger partial charge in [-0.15, -0.1) is 6.58 Å². The smallest absolute Gasteiger partial charge is 0.0297 e. The van der Waals surface area contributed by atoms with E-state index in [4.69, 9.17) is 0 Å². The maximum atomic E-state index is 3.73. The highest BCUT2D eigenvalue weighted by molar-refractivity contribution is 5.15. The summed E-state index contributed by atoms with van der Waals surface area (Å²) in [5.41, 5.74) is 2.95. The molecule has 0 unspecified atom stereocenters. The minimum atomic E-state index is 0.760. The molecule has 15 heavy (non-hydrogen) atoms. The zero-order valence-electron chi connectivity index (χ0n) is 10.8. The van der Waals surface area contributed by atoms with Gasteiger partial charge < -0.3 is 0 Å². The molecular formula is C15H26. The number of hydrogen-bond acceptors (Lipinski definition) is 0. The van der Waals surface area contributed by atoms with Gasteiger partial charge >= 0.3 is 0 Å². The van der Waals surface area contributed by atoms with Crippen LogP contribution in [0.2, 0.25) is 0 Å². The normalized spacial score (nSPS) is 13.4. The van der Waals surface area contributed by atoms with E-state index in [0.717, 1.165) is 12.3 Å². The van der Waals surface area contributed by atoms with Crippen molar-refractivity contribution >= 4 is 0 Å². The lowest BCUT2D eigenvalue weighted by molar-refractivity contribution is 0.642. The highest BCUT2D eigenvalue weighted by Gasteiger charge is 1.94. The molecule has 0 rings (SSSR count). The summed E-state index contributed by atoms with van der Waals surface area (Å²) in [7, 11) is 0. The molecule has 0 spiro atoms. The first-order valence-electron chi connectivity index (χ1n) is 6.00. The minimum Gasteiger partial charge on any atom is -0.103 e. The van der Waals surface area contributed by atoms with E-state index in [-0.39, 0.29) is 0 Å². The molecule has 0 nitrogen and oxygen atoms in total. The van der Waals surface area contributed by atoms with E-state index < -0.39 is 0 Å². The van der Waals surface area contributed by atoms with Crippen LogP contribution >= 0.6 is 0 Å². The molecule has 0 aliphatic heterocycles. The quantitative estimate of drug-likeness (QED) is 0.302. The van der Waals surface area contributed by atoms with Gasteiger partial charge in [-0.3, -0.25) is 0 Å². The lowest BCUT2D eigenvalue weighted by Gasteiger charge is -2.03. The lowest BCUT2D eigenvalue weighted by Crippen LogP contribution is -1.87. The summed E-state index contributed by atoms with van der Waals surface area (Å²) in [6.45, 7) is 12.7. The first kappa shape index (κ1) is 14.2. The zero-order chi connectivity index (χ0) is 11.7. The molecule has 0 heteroatoms. The summed E-state index contributed by atoms with van der Waals surface area (Å²) in [4.78, 5) is 0. The predicted molar refractivity (Wildman–Crippen MR) is 71.0 cm³/mol. The Balaban J connectivity index is 3.95. The Kier molecular flexibility index (Phi) is 8.08. The van der Waals surface area contributed by atoms with Gasteiger partial charge in [-0.05, 0) is 45.4 Å². The molecule has 0 aliphatic rings. The monoisotopic (exact) mass is 206 g/mol. The van der Waals surface area contributed by atoms with Gasteiger partial charge in [-0.25, -0.2) is 0 Å². The van der Waals surface area contributed by atoms with Crippen molar-refractivity contribution in [2.45, 2.75) is 53.4 Å². The first-order valence-corrected chi connectivity index (χ1v) is 6.00. The predicted octanol–water partition coefficient (Wildman–Crippen LogP) is 5.28. The van der Waals surface area contributed by atoms with Gasteiger partial charge in [-0.2, -0.15) is 0 Å². The van der Waals surface area contributed by atoms with Crippen LogP contribution < -0.4 is 0 Å². The van der Waals surface area contributed by atoms with Crippen molar-refractivity contribution in [1.82, 2.24) is 0 Å². The van der Waals surface area contributed by atoms with Crippen LogP contribution in [0.1, 0.15) is 53.4 Å². The summed E-state index contributed by atoms with van der Waals surface area (Å²) in [5, 5.41) is 0. The minimum absolute atomic E-state index is 0.760. The van der Waals surface area contributed by atoms with Crippen molar-refractivity contribution < 1.29 is 0 Å². The molecule has 0 fully saturated rings. The maximum absolute atomic E-state index is 3.73. The van der Waals surface area contributed by atoms with E-state index in [0.29, 0.717) is 0 Å². The Bertz CT molecular complexity index is 228. The third-order valence-electron chi connectivity index (χ3n) is 2.36. The molecule has 0 amide bonds. The lowest BCUT2D eigenvalue weighted by atomic mass is 10.0. The summed E-state index contributed by atoms with van der Waals surface area (Å²) in [6, 6.07) is 0. The molecule has 0 atom stereocenters. The third-order valence-corrected chi connectivity index (χ3v) is 2.36. The standard InChI is InChI=1S/C15H26/c1-6-7-8-9-14(4)10-11-15(5)12-13(2)3/h6,10-11,13H,1,7-9,12H2,2-5H3.